The van der Waals surface area contributed by atoms with Crippen molar-refractivity contribution in [2.24, 2.45) is 0 Å². The molecule has 0 aliphatic rings. The standard InChI is InChI=1S/C16H16ClNO4S/c1-3-16(15(20)21,10-4-6-11(17)7-5-10)18-14(19)13-8-12(22-2)9-23-13/h4-9H,3H2,1-2H3,(H,18,19)(H,20,21). The average molecular weight is 354 g/mol. The zero-order chi connectivity index (χ0) is 17.0. The van der Waals surface area contributed by atoms with E-state index < -0.39 is 17.4 Å². The van der Waals surface area contributed by atoms with Crippen LogP contribution in [0.2, 0.25) is 5.02 Å². The summed E-state index contributed by atoms with van der Waals surface area (Å²) in [5.41, 5.74) is -1.05. The molecule has 0 radical (unpaired) electrons. The third-order valence-electron chi connectivity index (χ3n) is 3.59. The Hall–Kier alpha value is -2.05. The van der Waals surface area contributed by atoms with Gasteiger partial charge in [-0.15, -0.1) is 11.3 Å². The fourth-order valence-corrected chi connectivity index (χ4v) is 3.10. The number of nitrogens with one attached hydrogen (secondary N) is 1. The van der Waals surface area contributed by atoms with Crippen molar-refractivity contribution in [2.75, 3.05) is 7.11 Å². The van der Waals surface area contributed by atoms with E-state index in [1.165, 1.54) is 18.4 Å². The first-order chi connectivity index (χ1) is 10.9. The third-order valence-corrected chi connectivity index (χ3v) is 4.75. The van der Waals surface area contributed by atoms with Gasteiger partial charge in [0.05, 0.1) is 12.0 Å². The monoisotopic (exact) mass is 353 g/mol. The van der Waals surface area contributed by atoms with Gasteiger partial charge in [-0.1, -0.05) is 30.7 Å². The van der Waals surface area contributed by atoms with Gasteiger partial charge in [0.25, 0.3) is 5.91 Å². The molecule has 1 atom stereocenters. The lowest BCUT2D eigenvalue weighted by atomic mass is 9.87. The lowest BCUT2D eigenvalue weighted by molar-refractivity contribution is -0.145. The molecular weight excluding hydrogens is 338 g/mol. The summed E-state index contributed by atoms with van der Waals surface area (Å²) >= 11 is 7.05. The van der Waals surface area contributed by atoms with E-state index in [2.05, 4.69) is 5.32 Å². The Bertz CT molecular complexity index is 713. The molecule has 0 spiro atoms. The number of halogens is 1. The molecular formula is C16H16ClNO4S. The number of hydrogen-bond acceptors (Lipinski definition) is 4. The Labute approximate surface area is 142 Å². The van der Waals surface area contributed by atoms with Gasteiger partial charge < -0.3 is 15.2 Å². The molecule has 1 aromatic heterocycles. The van der Waals surface area contributed by atoms with Crippen LogP contribution in [0.4, 0.5) is 0 Å². The molecule has 5 nitrogen and oxygen atoms in total. The summed E-state index contributed by atoms with van der Waals surface area (Å²) in [5.74, 6) is -1.03. The molecule has 1 heterocycles. The normalized spacial score (nSPS) is 13.2. The van der Waals surface area contributed by atoms with Crippen molar-refractivity contribution in [1.29, 1.82) is 0 Å². The highest BCUT2D eigenvalue weighted by atomic mass is 35.5. The summed E-state index contributed by atoms with van der Waals surface area (Å²) in [6.07, 6.45) is 0.193. The summed E-state index contributed by atoms with van der Waals surface area (Å²) in [4.78, 5) is 24.7. The minimum absolute atomic E-state index is 0.193. The highest BCUT2D eigenvalue weighted by molar-refractivity contribution is 7.12. The van der Waals surface area contributed by atoms with Crippen LogP contribution in [0.5, 0.6) is 5.75 Å². The maximum Gasteiger partial charge on any atom is 0.334 e. The topological polar surface area (TPSA) is 75.6 Å². The van der Waals surface area contributed by atoms with Gasteiger partial charge >= 0.3 is 5.97 Å². The van der Waals surface area contributed by atoms with Gasteiger partial charge in [0.1, 0.15) is 5.75 Å². The van der Waals surface area contributed by atoms with Gasteiger partial charge in [-0.3, -0.25) is 4.79 Å². The molecule has 1 amide bonds. The molecule has 2 aromatic rings. The minimum Gasteiger partial charge on any atom is -0.496 e. The fraction of sp³-hybridized carbons (Fsp3) is 0.250. The number of methoxy groups -OCH3 is 1. The first-order valence-electron chi connectivity index (χ1n) is 6.87. The molecule has 1 unspecified atom stereocenters. The lowest BCUT2D eigenvalue weighted by Gasteiger charge is -2.29. The van der Waals surface area contributed by atoms with Crippen molar-refractivity contribution >= 4 is 34.8 Å². The second-order valence-electron chi connectivity index (χ2n) is 4.88. The second kappa shape index (κ2) is 7.02. The van der Waals surface area contributed by atoms with Crippen molar-refractivity contribution in [2.45, 2.75) is 18.9 Å². The molecule has 7 heteroatoms. The Balaban J connectivity index is 2.37. The van der Waals surface area contributed by atoms with Gasteiger partial charge in [-0.05, 0) is 24.1 Å². The van der Waals surface area contributed by atoms with E-state index in [4.69, 9.17) is 16.3 Å². The number of carbonyl (C=O) groups excluding carboxylic acids is 1. The predicted octanol–water partition coefficient (Wildman–Crippen LogP) is 3.53. The Morgan fingerprint density at radius 3 is 2.48 bits per heavy atom. The van der Waals surface area contributed by atoms with E-state index in [1.54, 1.807) is 42.6 Å². The van der Waals surface area contributed by atoms with E-state index in [0.717, 1.165) is 0 Å². The number of hydrogen-bond donors (Lipinski definition) is 2. The molecule has 1 aromatic carbocycles. The van der Waals surface area contributed by atoms with Crippen LogP contribution in [-0.2, 0) is 10.3 Å². The number of amides is 1. The van der Waals surface area contributed by atoms with Crippen molar-refractivity contribution in [3.8, 4) is 5.75 Å². The van der Waals surface area contributed by atoms with Crippen LogP contribution in [0.1, 0.15) is 28.6 Å². The van der Waals surface area contributed by atoms with E-state index in [0.29, 0.717) is 21.2 Å². The van der Waals surface area contributed by atoms with Crippen LogP contribution in [0, 0.1) is 0 Å². The summed E-state index contributed by atoms with van der Waals surface area (Å²) in [6.45, 7) is 1.71. The Kier molecular flexibility index (Phi) is 5.28. The van der Waals surface area contributed by atoms with Crippen LogP contribution in [0.3, 0.4) is 0 Å². The molecule has 0 bridgehead atoms. The first kappa shape index (κ1) is 17.3. The van der Waals surface area contributed by atoms with E-state index in [-0.39, 0.29) is 6.42 Å². The number of carbonyl (C=O) groups is 2. The summed E-state index contributed by atoms with van der Waals surface area (Å²) in [6, 6.07) is 7.99. The van der Waals surface area contributed by atoms with Gasteiger partial charge in [-0.2, -0.15) is 0 Å². The van der Waals surface area contributed by atoms with Crippen LogP contribution >= 0.6 is 22.9 Å². The van der Waals surface area contributed by atoms with Crippen LogP contribution in [0.25, 0.3) is 0 Å². The molecule has 0 saturated carbocycles. The van der Waals surface area contributed by atoms with Crippen molar-refractivity contribution in [1.82, 2.24) is 5.32 Å². The Morgan fingerprint density at radius 1 is 1.35 bits per heavy atom. The van der Waals surface area contributed by atoms with Crippen LogP contribution in [-0.4, -0.2) is 24.1 Å². The largest absolute Gasteiger partial charge is 0.496 e. The number of ether oxygens (including phenoxy) is 1. The van der Waals surface area contributed by atoms with Gasteiger partial charge in [0.15, 0.2) is 5.54 Å². The number of thiophene rings is 1. The fourth-order valence-electron chi connectivity index (χ4n) is 2.23. The van der Waals surface area contributed by atoms with Crippen molar-refractivity contribution in [3.63, 3.8) is 0 Å². The molecule has 0 fully saturated rings. The van der Waals surface area contributed by atoms with E-state index in [9.17, 15) is 14.7 Å². The number of aliphatic carboxylic acids is 1. The maximum absolute atomic E-state index is 12.4. The Morgan fingerprint density at radius 2 is 2.00 bits per heavy atom. The molecule has 2 rings (SSSR count). The summed E-state index contributed by atoms with van der Waals surface area (Å²) in [7, 11) is 1.50. The van der Waals surface area contributed by atoms with Crippen LogP contribution < -0.4 is 10.1 Å². The molecule has 23 heavy (non-hydrogen) atoms. The minimum atomic E-state index is -1.51. The van der Waals surface area contributed by atoms with E-state index >= 15 is 0 Å². The summed E-state index contributed by atoms with van der Waals surface area (Å²) < 4.78 is 5.05. The second-order valence-corrected chi connectivity index (χ2v) is 6.22. The average Bonchev–Trinajstić information content (AvgIpc) is 3.02. The van der Waals surface area contributed by atoms with Crippen LogP contribution in [0.15, 0.2) is 35.7 Å². The lowest BCUT2D eigenvalue weighted by Crippen LogP contribution is -2.51. The SMILES string of the molecule is CCC(NC(=O)c1cc(OC)cs1)(C(=O)O)c1ccc(Cl)cc1. The molecule has 0 aliphatic carbocycles. The van der Waals surface area contributed by atoms with Gasteiger partial charge in [-0.25, -0.2) is 4.79 Å². The third kappa shape index (κ3) is 3.48. The number of benzene rings is 1. The first-order valence-corrected chi connectivity index (χ1v) is 8.13. The highest BCUT2D eigenvalue weighted by Crippen LogP contribution is 2.29. The van der Waals surface area contributed by atoms with Gasteiger partial charge in [0, 0.05) is 16.5 Å². The maximum atomic E-state index is 12.4. The molecule has 2 N–H and O–H groups in total. The van der Waals surface area contributed by atoms with Gasteiger partial charge in [0.2, 0.25) is 0 Å². The molecule has 0 saturated heterocycles. The molecule has 122 valence electrons. The zero-order valence-electron chi connectivity index (χ0n) is 12.6. The predicted molar refractivity (Wildman–Crippen MR) is 89.4 cm³/mol. The zero-order valence-corrected chi connectivity index (χ0v) is 14.2. The smallest absolute Gasteiger partial charge is 0.334 e. The van der Waals surface area contributed by atoms with Crippen molar-refractivity contribution < 1.29 is 19.4 Å². The highest BCUT2D eigenvalue weighted by Gasteiger charge is 2.40. The quantitative estimate of drug-likeness (QED) is 0.833. The van der Waals surface area contributed by atoms with E-state index in [1.807, 2.05) is 0 Å². The number of carboxylic acids is 1. The number of rotatable bonds is 6. The number of carboxylic acid groups (broad SMARTS) is 1. The van der Waals surface area contributed by atoms with Crippen molar-refractivity contribution in [3.05, 3.63) is 51.2 Å². The summed E-state index contributed by atoms with van der Waals surface area (Å²) in [5, 5.41) is 14.6. The molecule has 0 aliphatic heterocycles.